The molecule has 1 N–H and O–H groups in total. The quantitative estimate of drug-likeness (QED) is 0.685. The zero-order valence-electron chi connectivity index (χ0n) is 14.7. The molecule has 1 saturated carbocycles. The highest BCUT2D eigenvalue weighted by Crippen LogP contribution is 2.38. The highest BCUT2D eigenvalue weighted by Gasteiger charge is 2.32. The van der Waals surface area contributed by atoms with E-state index in [4.69, 9.17) is 4.74 Å². The number of hydrogen-bond acceptors (Lipinski definition) is 4. The van der Waals surface area contributed by atoms with Gasteiger partial charge in [0.15, 0.2) is 6.10 Å². The molecule has 1 heterocycles. The van der Waals surface area contributed by atoms with Crippen LogP contribution in [0.5, 0.6) is 5.75 Å². The first-order valence-electron chi connectivity index (χ1n) is 8.56. The lowest BCUT2D eigenvalue weighted by atomic mass is 10.1. The van der Waals surface area contributed by atoms with E-state index in [1.54, 1.807) is 6.92 Å². The van der Waals surface area contributed by atoms with Crippen LogP contribution < -0.4 is 10.4 Å². The average molecular weight is 403 g/mol. The number of aromatic carboxylic acids is 1. The first-order chi connectivity index (χ1) is 13.3. The van der Waals surface area contributed by atoms with Crippen molar-refractivity contribution in [1.29, 1.82) is 0 Å². The molecule has 1 aliphatic rings. The van der Waals surface area contributed by atoms with Crippen LogP contribution in [0.4, 0.5) is 17.6 Å². The largest absolute Gasteiger partial charge is 0.481 e. The lowest BCUT2D eigenvalue weighted by Crippen LogP contribution is -2.29. The third kappa shape index (κ3) is 3.60. The highest BCUT2D eigenvalue weighted by molar-refractivity contribution is 5.91. The Morgan fingerprint density at radius 1 is 1.39 bits per heavy atom. The van der Waals surface area contributed by atoms with Gasteiger partial charge in [0, 0.05) is 18.5 Å². The standard InChI is InChI=1S/C17H17F4N3O4/c1-2-23-15(8-3-4-8)22-24(17(23)27)11-6-12(28-13(7-18)14(20)21)9(16(25)26)5-10(11)19/h5-6,8,13-14H,2-4,7H2,1H3,(H,25,26)/t13-/m0/s1. The van der Waals surface area contributed by atoms with Gasteiger partial charge in [-0.05, 0) is 25.8 Å². The molecule has 0 spiro atoms. The van der Waals surface area contributed by atoms with Crippen LogP contribution in [-0.2, 0) is 6.54 Å². The number of benzene rings is 1. The van der Waals surface area contributed by atoms with Gasteiger partial charge in [-0.15, -0.1) is 5.10 Å². The number of carboxylic acid groups (broad SMARTS) is 1. The summed E-state index contributed by atoms with van der Waals surface area (Å²) in [5.41, 5.74) is -1.90. The van der Waals surface area contributed by atoms with Crippen LogP contribution in [0.15, 0.2) is 16.9 Å². The fourth-order valence-electron chi connectivity index (χ4n) is 2.79. The zero-order chi connectivity index (χ0) is 20.6. The summed E-state index contributed by atoms with van der Waals surface area (Å²) in [5.74, 6) is -2.91. The Hall–Kier alpha value is -2.85. The topological polar surface area (TPSA) is 86.3 Å². The van der Waals surface area contributed by atoms with Crippen molar-refractivity contribution in [3.8, 4) is 11.4 Å². The van der Waals surface area contributed by atoms with E-state index in [1.807, 2.05) is 0 Å². The number of ether oxygens (including phenoxy) is 1. The molecular weight excluding hydrogens is 386 g/mol. The molecule has 3 rings (SSSR count). The van der Waals surface area contributed by atoms with Crippen LogP contribution in [0.3, 0.4) is 0 Å². The average Bonchev–Trinajstić information content (AvgIpc) is 3.43. The molecular formula is C17H17F4N3O4. The molecule has 1 aromatic carbocycles. The van der Waals surface area contributed by atoms with E-state index in [9.17, 15) is 32.3 Å². The van der Waals surface area contributed by atoms with Crippen LogP contribution in [0.2, 0.25) is 0 Å². The number of carbonyl (C=O) groups is 1. The fourth-order valence-corrected chi connectivity index (χ4v) is 2.79. The zero-order valence-corrected chi connectivity index (χ0v) is 14.7. The lowest BCUT2D eigenvalue weighted by molar-refractivity contribution is -0.00198. The molecule has 0 aliphatic heterocycles. The van der Waals surface area contributed by atoms with Crippen molar-refractivity contribution in [2.24, 2.45) is 0 Å². The SMILES string of the molecule is CCn1c(C2CC2)nn(-c2cc(O[C@@H](CF)C(F)F)c(C(=O)O)cc2F)c1=O. The number of hydrogen-bond donors (Lipinski definition) is 1. The Balaban J connectivity index is 2.13. The van der Waals surface area contributed by atoms with Crippen LogP contribution in [-0.4, -0.2) is 44.6 Å². The molecule has 1 aromatic heterocycles. The van der Waals surface area contributed by atoms with E-state index in [-0.39, 0.29) is 12.5 Å². The maximum absolute atomic E-state index is 14.5. The van der Waals surface area contributed by atoms with E-state index in [2.05, 4.69) is 5.10 Å². The van der Waals surface area contributed by atoms with Crippen molar-refractivity contribution in [2.75, 3.05) is 6.67 Å². The Kier molecular flexibility index (Phi) is 5.43. The number of alkyl halides is 3. The summed E-state index contributed by atoms with van der Waals surface area (Å²) < 4.78 is 59.9. The van der Waals surface area contributed by atoms with Crippen molar-refractivity contribution >= 4 is 5.97 Å². The van der Waals surface area contributed by atoms with E-state index < -0.39 is 53.7 Å². The molecule has 0 saturated heterocycles. The maximum Gasteiger partial charge on any atom is 0.350 e. The van der Waals surface area contributed by atoms with Gasteiger partial charge in [-0.25, -0.2) is 27.2 Å². The summed E-state index contributed by atoms with van der Waals surface area (Å²) in [6.45, 7) is 0.421. The van der Waals surface area contributed by atoms with Crippen LogP contribution in [0.1, 0.15) is 41.9 Å². The lowest BCUT2D eigenvalue weighted by Gasteiger charge is -2.17. The van der Waals surface area contributed by atoms with Crippen molar-refractivity contribution in [1.82, 2.24) is 14.3 Å². The molecule has 2 aromatic rings. The van der Waals surface area contributed by atoms with Gasteiger partial charge in [-0.3, -0.25) is 4.57 Å². The minimum atomic E-state index is -3.23. The van der Waals surface area contributed by atoms with Crippen molar-refractivity contribution in [3.63, 3.8) is 0 Å². The van der Waals surface area contributed by atoms with Gasteiger partial charge < -0.3 is 9.84 Å². The maximum atomic E-state index is 14.5. The van der Waals surface area contributed by atoms with E-state index >= 15 is 0 Å². The van der Waals surface area contributed by atoms with Gasteiger partial charge in [0.2, 0.25) is 0 Å². The molecule has 0 bridgehead atoms. The van der Waals surface area contributed by atoms with Gasteiger partial charge in [0.25, 0.3) is 6.43 Å². The number of rotatable bonds is 8. The molecule has 1 aliphatic carbocycles. The minimum Gasteiger partial charge on any atom is -0.481 e. The second-order valence-electron chi connectivity index (χ2n) is 6.32. The molecule has 152 valence electrons. The van der Waals surface area contributed by atoms with Crippen molar-refractivity contribution in [2.45, 2.75) is 44.8 Å². The third-order valence-electron chi connectivity index (χ3n) is 4.37. The Bertz CT molecular complexity index is 953. The molecule has 0 radical (unpaired) electrons. The summed E-state index contributed by atoms with van der Waals surface area (Å²) in [6.07, 6.45) is -3.80. The third-order valence-corrected chi connectivity index (χ3v) is 4.37. The Morgan fingerprint density at radius 3 is 2.57 bits per heavy atom. The first-order valence-corrected chi connectivity index (χ1v) is 8.56. The predicted octanol–water partition coefficient (Wildman–Crippen LogP) is 2.75. The molecule has 28 heavy (non-hydrogen) atoms. The van der Waals surface area contributed by atoms with Gasteiger partial charge in [0.05, 0.1) is 0 Å². The summed E-state index contributed by atoms with van der Waals surface area (Å²) in [5, 5.41) is 13.3. The highest BCUT2D eigenvalue weighted by atomic mass is 19.3. The molecule has 7 nitrogen and oxygen atoms in total. The van der Waals surface area contributed by atoms with Gasteiger partial charge in [-0.1, -0.05) is 0 Å². The predicted molar refractivity (Wildman–Crippen MR) is 88.8 cm³/mol. The molecule has 1 fully saturated rings. The fraction of sp³-hybridized carbons (Fsp3) is 0.471. The van der Waals surface area contributed by atoms with E-state index in [1.165, 1.54) is 4.57 Å². The van der Waals surface area contributed by atoms with Gasteiger partial charge >= 0.3 is 11.7 Å². The summed E-state index contributed by atoms with van der Waals surface area (Å²) in [7, 11) is 0. The second-order valence-corrected chi connectivity index (χ2v) is 6.32. The van der Waals surface area contributed by atoms with Crippen molar-refractivity contribution < 1.29 is 32.2 Å². The molecule has 11 heteroatoms. The van der Waals surface area contributed by atoms with Crippen molar-refractivity contribution in [3.05, 3.63) is 39.8 Å². The Morgan fingerprint density at radius 2 is 2.07 bits per heavy atom. The van der Waals surface area contributed by atoms with Gasteiger partial charge in [-0.2, -0.15) is 4.68 Å². The normalized spacial score (nSPS) is 15.1. The summed E-state index contributed by atoms with van der Waals surface area (Å²) in [4.78, 5) is 23.9. The smallest absolute Gasteiger partial charge is 0.350 e. The summed E-state index contributed by atoms with van der Waals surface area (Å²) >= 11 is 0. The Labute approximate surface area is 156 Å². The monoisotopic (exact) mass is 403 g/mol. The van der Waals surface area contributed by atoms with Crippen LogP contribution >= 0.6 is 0 Å². The number of carboxylic acids is 1. The molecule has 0 unspecified atom stereocenters. The molecule has 0 amide bonds. The first kappa shape index (κ1) is 19.9. The van der Waals surface area contributed by atoms with E-state index in [0.29, 0.717) is 11.9 Å². The number of halogens is 4. The second kappa shape index (κ2) is 7.64. The van der Waals surface area contributed by atoms with Crippen LogP contribution in [0, 0.1) is 5.82 Å². The summed E-state index contributed by atoms with van der Waals surface area (Å²) in [6, 6.07) is 1.30. The minimum absolute atomic E-state index is 0.0701. The van der Waals surface area contributed by atoms with Crippen LogP contribution in [0.25, 0.3) is 5.69 Å². The molecule has 1 atom stereocenters. The van der Waals surface area contributed by atoms with E-state index in [0.717, 1.165) is 23.6 Å². The number of aromatic nitrogens is 3. The van der Waals surface area contributed by atoms with Gasteiger partial charge in [0.1, 0.15) is 35.3 Å². The number of nitrogens with zero attached hydrogens (tertiary/aromatic N) is 3.